The molecule has 2 aromatic rings. The van der Waals surface area contributed by atoms with Gasteiger partial charge >= 0.3 is 0 Å². The summed E-state index contributed by atoms with van der Waals surface area (Å²) >= 11 is 0. The number of rotatable bonds is 4. The van der Waals surface area contributed by atoms with Gasteiger partial charge in [0.15, 0.2) is 0 Å². The first kappa shape index (κ1) is 14.4. The van der Waals surface area contributed by atoms with Crippen molar-refractivity contribution in [2.24, 2.45) is 5.84 Å². The molecule has 0 bridgehead atoms. The second-order valence-corrected chi connectivity index (χ2v) is 4.27. The number of hydrazine groups is 1. The maximum absolute atomic E-state index is 12.1. The fraction of sp³-hybridized carbons (Fsp3) is 0.0769. The Balaban J connectivity index is 2.25. The number of anilines is 2. The predicted molar refractivity (Wildman–Crippen MR) is 77.8 cm³/mol. The summed E-state index contributed by atoms with van der Waals surface area (Å²) in [6.45, 7) is 1.80. The van der Waals surface area contributed by atoms with Gasteiger partial charge in [0.05, 0.1) is 4.92 Å². The highest BCUT2D eigenvalue weighted by molar-refractivity contribution is 6.05. The first-order valence-corrected chi connectivity index (χ1v) is 6.00. The monoisotopic (exact) mass is 287 g/mol. The maximum atomic E-state index is 12.1. The molecule has 1 aromatic heterocycles. The zero-order valence-corrected chi connectivity index (χ0v) is 11.2. The van der Waals surface area contributed by atoms with E-state index in [1.165, 1.54) is 18.2 Å². The minimum atomic E-state index is -0.580. The van der Waals surface area contributed by atoms with Crippen molar-refractivity contribution in [3.63, 3.8) is 0 Å². The zero-order chi connectivity index (χ0) is 15.4. The molecule has 0 fully saturated rings. The Morgan fingerprint density at radius 3 is 2.71 bits per heavy atom. The lowest BCUT2D eigenvalue weighted by Crippen LogP contribution is -2.14. The van der Waals surface area contributed by atoms with Crippen LogP contribution >= 0.6 is 0 Å². The predicted octanol–water partition coefficient (Wildman–Crippen LogP) is 1.84. The van der Waals surface area contributed by atoms with E-state index in [4.69, 9.17) is 5.84 Å². The second-order valence-electron chi connectivity index (χ2n) is 4.27. The lowest BCUT2D eigenvalue weighted by atomic mass is 10.1. The molecule has 108 valence electrons. The van der Waals surface area contributed by atoms with Gasteiger partial charge in [0.2, 0.25) is 0 Å². The Kier molecular flexibility index (Phi) is 4.10. The molecule has 1 amide bonds. The summed E-state index contributed by atoms with van der Waals surface area (Å²) in [5.41, 5.74) is 3.69. The third kappa shape index (κ3) is 3.31. The Morgan fingerprint density at radius 2 is 2.10 bits per heavy atom. The van der Waals surface area contributed by atoms with Crippen LogP contribution in [0.3, 0.4) is 0 Å². The van der Waals surface area contributed by atoms with Crippen molar-refractivity contribution < 1.29 is 9.72 Å². The first-order valence-electron chi connectivity index (χ1n) is 6.00. The normalized spacial score (nSPS) is 10.0. The lowest BCUT2D eigenvalue weighted by molar-refractivity contribution is -0.384. The maximum Gasteiger partial charge on any atom is 0.293 e. The molecule has 0 aliphatic rings. The minimum Gasteiger partial charge on any atom is -0.322 e. The highest BCUT2D eigenvalue weighted by Gasteiger charge is 2.16. The van der Waals surface area contributed by atoms with Crippen LogP contribution in [-0.4, -0.2) is 15.8 Å². The van der Waals surface area contributed by atoms with Crippen molar-refractivity contribution in [2.75, 3.05) is 10.7 Å². The third-order valence-corrected chi connectivity index (χ3v) is 2.77. The van der Waals surface area contributed by atoms with Crippen LogP contribution in [0.2, 0.25) is 0 Å². The van der Waals surface area contributed by atoms with Gasteiger partial charge in [-0.2, -0.15) is 0 Å². The van der Waals surface area contributed by atoms with Gasteiger partial charge in [0, 0.05) is 29.2 Å². The largest absolute Gasteiger partial charge is 0.322 e. The van der Waals surface area contributed by atoms with Crippen LogP contribution in [0.25, 0.3) is 0 Å². The molecule has 1 aromatic carbocycles. The van der Waals surface area contributed by atoms with Crippen LogP contribution in [0.4, 0.5) is 17.1 Å². The van der Waals surface area contributed by atoms with Crippen molar-refractivity contribution in [1.82, 2.24) is 4.98 Å². The van der Waals surface area contributed by atoms with E-state index in [0.29, 0.717) is 5.69 Å². The molecule has 0 atom stereocenters. The number of carbonyl (C=O) groups is 1. The quantitative estimate of drug-likeness (QED) is 0.448. The van der Waals surface area contributed by atoms with Gasteiger partial charge in [-0.05, 0) is 31.2 Å². The van der Waals surface area contributed by atoms with Gasteiger partial charge in [-0.3, -0.25) is 25.7 Å². The molecule has 8 heteroatoms. The summed E-state index contributed by atoms with van der Waals surface area (Å²) in [5, 5.41) is 13.5. The number of nitro groups is 1. The Labute approximate surface area is 120 Å². The molecule has 4 N–H and O–H groups in total. The van der Waals surface area contributed by atoms with E-state index in [1.807, 2.05) is 0 Å². The topological polar surface area (TPSA) is 123 Å². The number of aryl methyl sites for hydroxylation is 1. The Bertz CT molecular complexity index is 702. The number of pyridine rings is 1. The van der Waals surface area contributed by atoms with E-state index >= 15 is 0 Å². The van der Waals surface area contributed by atoms with Gasteiger partial charge in [-0.25, -0.2) is 0 Å². The van der Waals surface area contributed by atoms with Crippen molar-refractivity contribution >= 4 is 23.0 Å². The van der Waals surface area contributed by atoms with E-state index in [2.05, 4.69) is 15.7 Å². The molecule has 0 aliphatic carbocycles. The number of nitrogens with two attached hydrogens (primary N) is 1. The van der Waals surface area contributed by atoms with Gasteiger partial charge < -0.3 is 10.7 Å². The molecular formula is C13H13N5O3. The molecule has 8 nitrogen and oxygen atoms in total. The molecule has 0 aliphatic heterocycles. The average molecular weight is 287 g/mol. The summed E-state index contributed by atoms with van der Waals surface area (Å²) in [7, 11) is 0. The molecule has 1 heterocycles. The van der Waals surface area contributed by atoms with E-state index < -0.39 is 10.8 Å². The van der Waals surface area contributed by atoms with E-state index in [-0.39, 0.29) is 16.9 Å². The number of carbonyl (C=O) groups excluding carboxylic acids is 1. The molecule has 0 radical (unpaired) electrons. The molecule has 0 saturated heterocycles. The van der Waals surface area contributed by atoms with Gasteiger partial charge in [0.25, 0.3) is 11.6 Å². The van der Waals surface area contributed by atoms with Crippen molar-refractivity contribution in [1.29, 1.82) is 0 Å². The van der Waals surface area contributed by atoms with E-state index in [1.54, 1.807) is 25.3 Å². The summed E-state index contributed by atoms with van der Waals surface area (Å²) in [6.07, 6.45) is 1.58. The highest BCUT2D eigenvalue weighted by atomic mass is 16.6. The number of hydrogen-bond donors (Lipinski definition) is 3. The molecule has 2 rings (SSSR count). The number of amides is 1. The lowest BCUT2D eigenvalue weighted by Gasteiger charge is -2.07. The van der Waals surface area contributed by atoms with Crippen molar-refractivity contribution in [3.05, 3.63) is 57.9 Å². The molecule has 0 saturated carbocycles. The Hall–Kier alpha value is -3.00. The highest BCUT2D eigenvalue weighted by Crippen LogP contribution is 2.24. The van der Waals surface area contributed by atoms with E-state index in [0.717, 1.165) is 5.69 Å². The SMILES string of the molecule is Cc1cc(NC(=O)c2ccc([N+](=O)[O-])c(NN)c2)ccn1. The summed E-state index contributed by atoms with van der Waals surface area (Å²) in [6, 6.07) is 7.27. The summed E-state index contributed by atoms with van der Waals surface area (Å²) in [4.78, 5) is 26.3. The summed E-state index contributed by atoms with van der Waals surface area (Å²) in [5.74, 6) is 4.84. The number of nitrogens with zero attached hydrogens (tertiary/aromatic N) is 2. The number of nitrogens with one attached hydrogen (secondary N) is 2. The third-order valence-electron chi connectivity index (χ3n) is 2.77. The summed E-state index contributed by atoms with van der Waals surface area (Å²) < 4.78 is 0. The average Bonchev–Trinajstić information content (AvgIpc) is 2.46. The fourth-order valence-electron chi connectivity index (χ4n) is 1.78. The second kappa shape index (κ2) is 5.97. The fourth-order valence-corrected chi connectivity index (χ4v) is 1.78. The van der Waals surface area contributed by atoms with Gasteiger partial charge in [-0.1, -0.05) is 0 Å². The number of benzene rings is 1. The smallest absolute Gasteiger partial charge is 0.293 e. The zero-order valence-electron chi connectivity index (χ0n) is 11.2. The van der Waals surface area contributed by atoms with Crippen molar-refractivity contribution in [2.45, 2.75) is 6.92 Å². The molecule has 0 unspecified atom stereocenters. The van der Waals surface area contributed by atoms with Crippen molar-refractivity contribution in [3.8, 4) is 0 Å². The van der Waals surface area contributed by atoms with Crippen LogP contribution in [0.5, 0.6) is 0 Å². The van der Waals surface area contributed by atoms with Crippen LogP contribution in [0.1, 0.15) is 16.1 Å². The van der Waals surface area contributed by atoms with Crippen LogP contribution in [0.15, 0.2) is 36.5 Å². The molecule has 21 heavy (non-hydrogen) atoms. The van der Waals surface area contributed by atoms with Gasteiger partial charge in [-0.15, -0.1) is 0 Å². The van der Waals surface area contributed by atoms with Crippen LogP contribution in [-0.2, 0) is 0 Å². The number of nitro benzene ring substituents is 1. The minimum absolute atomic E-state index is 0.0681. The number of hydrogen-bond acceptors (Lipinski definition) is 6. The number of aromatic nitrogens is 1. The first-order chi connectivity index (χ1) is 10.0. The van der Waals surface area contributed by atoms with Gasteiger partial charge in [0.1, 0.15) is 5.69 Å². The number of nitrogen functional groups attached to an aromatic ring is 1. The standard InChI is InChI=1S/C13H13N5O3/c1-8-6-10(4-5-15-8)16-13(19)9-2-3-12(18(20)21)11(7-9)17-14/h2-7,17H,14H2,1H3,(H,15,16,19). The van der Waals surface area contributed by atoms with Crippen LogP contribution in [0, 0.1) is 17.0 Å². The molecular weight excluding hydrogens is 274 g/mol. The van der Waals surface area contributed by atoms with Crippen LogP contribution < -0.4 is 16.6 Å². The van der Waals surface area contributed by atoms with E-state index in [9.17, 15) is 14.9 Å². The molecule has 0 spiro atoms. The Morgan fingerprint density at radius 1 is 1.33 bits per heavy atom.